The van der Waals surface area contributed by atoms with Crippen molar-refractivity contribution in [2.75, 3.05) is 7.11 Å². The number of ether oxygens (including phenoxy) is 1. The molecule has 136 valence electrons. The molecule has 0 unspecified atom stereocenters. The number of nitrogens with zero attached hydrogens (tertiary/aromatic N) is 1. The number of halogens is 2. The van der Waals surface area contributed by atoms with Crippen LogP contribution >= 0.6 is 22.9 Å². The summed E-state index contributed by atoms with van der Waals surface area (Å²) in [7, 11) is 1.61. The molecule has 27 heavy (non-hydrogen) atoms. The van der Waals surface area contributed by atoms with Crippen molar-refractivity contribution in [3.05, 3.63) is 69.8 Å². The summed E-state index contributed by atoms with van der Waals surface area (Å²) < 4.78 is 18.3. The second-order valence-electron chi connectivity index (χ2n) is 5.97. The zero-order valence-electron chi connectivity index (χ0n) is 14.3. The number of hydrogen-bond donors (Lipinski definition) is 1. The van der Waals surface area contributed by atoms with Crippen LogP contribution in [-0.4, -0.2) is 18.0 Å². The molecule has 0 bridgehead atoms. The summed E-state index contributed by atoms with van der Waals surface area (Å²) in [5.74, 6) is 0.106. The van der Waals surface area contributed by atoms with Crippen LogP contribution in [0.5, 0.6) is 5.75 Å². The first-order valence-electron chi connectivity index (χ1n) is 8.14. The molecular weight excluding hydrogens is 387 g/mol. The number of aromatic nitrogens is 1. The Morgan fingerprint density at radius 3 is 2.81 bits per heavy atom. The first-order valence-corrected chi connectivity index (χ1v) is 9.33. The zero-order valence-corrected chi connectivity index (χ0v) is 15.8. The van der Waals surface area contributed by atoms with Gasteiger partial charge in [0.25, 0.3) is 5.91 Å². The second-order valence-corrected chi connectivity index (χ2v) is 7.41. The number of carbonyl (C=O) groups excluding carboxylic acids is 1. The number of amides is 1. The van der Waals surface area contributed by atoms with Gasteiger partial charge in [0.15, 0.2) is 0 Å². The Bertz CT molecular complexity index is 1180. The highest BCUT2D eigenvalue weighted by molar-refractivity contribution is 7.20. The third kappa shape index (κ3) is 3.59. The summed E-state index contributed by atoms with van der Waals surface area (Å²) in [6.45, 7) is 0.221. The summed E-state index contributed by atoms with van der Waals surface area (Å²) in [5, 5.41) is 4.98. The van der Waals surface area contributed by atoms with Gasteiger partial charge in [-0.1, -0.05) is 17.7 Å². The molecule has 0 fully saturated rings. The molecule has 0 aliphatic rings. The van der Waals surface area contributed by atoms with Crippen molar-refractivity contribution in [3.63, 3.8) is 0 Å². The lowest BCUT2D eigenvalue weighted by atomic mass is 10.2. The molecule has 0 atom stereocenters. The standard InChI is InChI=1S/C20H14ClFN2O2S/c1-26-15-5-3-11-6-13-7-18(27-20(13)24-17(11)9-15)19(25)23-10-12-2-4-14(22)8-16(12)21/h2-9H,10H2,1H3,(H,23,25). The fourth-order valence-corrected chi connectivity index (χ4v) is 3.94. The van der Waals surface area contributed by atoms with Crippen LogP contribution in [0.2, 0.25) is 5.02 Å². The summed E-state index contributed by atoms with van der Waals surface area (Å²) in [6, 6.07) is 13.6. The van der Waals surface area contributed by atoms with Gasteiger partial charge in [-0.3, -0.25) is 4.79 Å². The summed E-state index contributed by atoms with van der Waals surface area (Å²) >= 11 is 7.32. The number of benzene rings is 2. The van der Waals surface area contributed by atoms with E-state index in [4.69, 9.17) is 16.3 Å². The normalized spacial score (nSPS) is 11.1. The minimum atomic E-state index is -0.408. The second kappa shape index (κ2) is 7.13. The molecule has 1 amide bonds. The fourth-order valence-electron chi connectivity index (χ4n) is 2.77. The van der Waals surface area contributed by atoms with Crippen LogP contribution in [-0.2, 0) is 6.54 Å². The highest BCUT2D eigenvalue weighted by Crippen LogP contribution is 2.29. The number of fused-ring (bicyclic) bond motifs is 2. The van der Waals surface area contributed by atoms with Crippen molar-refractivity contribution >= 4 is 50.0 Å². The van der Waals surface area contributed by atoms with Crippen LogP contribution in [0.4, 0.5) is 4.39 Å². The van der Waals surface area contributed by atoms with E-state index in [0.29, 0.717) is 10.4 Å². The lowest BCUT2D eigenvalue weighted by Gasteiger charge is -2.05. The fraction of sp³-hybridized carbons (Fsp3) is 0.100. The molecule has 7 heteroatoms. The quantitative estimate of drug-likeness (QED) is 0.513. The average Bonchev–Trinajstić information content (AvgIpc) is 3.07. The third-order valence-corrected chi connectivity index (χ3v) is 5.58. The van der Waals surface area contributed by atoms with Crippen LogP contribution in [0, 0.1) is 5.82 Å². The van der Waals surface area contributed by atoms with Crippen LogP contribution in [0.3, 0.4) is 0 Å². The Hall–Kier alpha value is -2.70. The molecule has 0 radical (unpaired) electrons. The maximum Gasteiger partial charge on any atom is 0.261 e. The summed E-state index contributed by atoms with van der Waals surface area (Å²) in [6.07, 6.45) is 0. The molecular formula is C20H14ClFN2O2S. The van der Waals surface area contributed by atoms with E-state index in [-0.39, 0.29) is 17.5 Å². The van der Waals surface area contributed by atoms with Gasteiger partial charge in [0.1, 0.15) is 16.4 Å². The van der Waals surface area contributed by atoms with E-state index in [0.717, 1.165) is 26.9 Å². The molecule has 1 N–H and O–H groups in total. The number of methoxy groups -OCH3 is 1. The third-order valence-electron chi connectivity index (χ3n) is 4.19. The molecule has 2 aromatic carbocycles. The number of carbonyl (C=O) groups is 1. The average molecular weight is 401 g/mol. The topological polar surface area (TPSA) is 51.2 Å². The van der Waals surface area contributed by atoms with Gasteiger partial charge in [0.2, 0.25) is 0 Å². The van der Waals surface area contributed by atoms with Crippen molar-refractivity contribution in [2.45, 2.75) is 6.54 Å². The Morgan fingerprint density at radius 1 is 1.19 bits per heavy atom. The molecule has 2 aromatic heterocycles. The zero-order chi connectivity index (χ0) is 19.0. The molecule has 0 saturated carbocycles. The number of hydrogen-bond acceptors (Lipinski definition) is 4. The summed E-state index contributed by atoms with van der Waals surface area (Å²) in [4.78, 5) is 18.5. The van der Waals surface area contributed by atoms with Crippen molar-refractivity contribution in [1.82, 2.24) is 10.3 Å². The van der Waals surface area contributed by atoms with Crippen LogP contribution < -0.4 is 10.1 Å². The lowest BCUT2D eigenvalue weighted by molar-refractivity contribution is 0.0955. The van der Waals surface area contributed by atoms with Gasteiger partial charge in [0.05, 0.1) is 17.5 Å². The predicted molar refractivity (Wildman–Crippen MR) is 106 cm³/mol. The van der Waals surface area contributed by atoms with E-state index in [1.807, 2.05) is 30.3 Å². The predicted octanol–water partition coefficient (Wildman–Crippen LogP) is 5.18. The van der Waals surface area contributed by atoms with Crippen molar-refractivity contribution in [2.24, 2.45) is 0 Å². The molecule has 4 nitrogen and oxygen atoms in total. The van der Waals surface area contributed by atoms with E-state index in [1.165, 1.54) is 23.5 Å². The van der Waals surface area contributed by atoms with Crippen LogP contribution in [0.15, 0.2) is 48.5 Å². The minimum Gasteiger partial charge on any atom is -0.497 e. The van der Waals surface area contributed by atoms with Gasteiger partial charge in [-0.25, -0.2) is 9.37 Å². The largest absolute Gasteiger partial charge is 0.497 e. The Kier molecular flexibility index (Phi) is 4.68. The van der Waals surface area contributed by atoms with Gasteiger partial charge in [-0.05, 0) is 42.0 Å². The monoisotopic (exact) mass is 400 g/mol. The van der Waals surface area contributed by atoms with E-state index in [2.05, 4.69) is 10.3 Å². The van der Waals surface area contributed by atoms with Crippen molar-refractivity contribution in [3.8, 4) is 5.75 Å². The number of thiophene rings is 1. The highest BCUT2D eigenvalue weighted by Gasteiger charge is 2.13. The van der Waals surface area contributed by atoms with Gasteiger partial charge >= 0.3 is 0 Å². The van der Waals surface area contributed by atoms with Crippen molar-refractivity contribution in [1.29, 1.82) is 0 Å². The number of rotatable bonds is 4. The Balaban J connectivity index is 1.59. The molecule has 0 aliphatic carbocycles. The summed E-state index contributed by atoms with van der Waals surface area (Å²) in [5.41, 5.74) is 1.47. The van der Waals surface area contributed by atoms with E-state index >= 15 is 0 Å². The molecule has 4 aromatic rings. The van der Waals surface area contributed by atoms with Gasteiger partial charge < -0.3 is 10.1 Å². The molecule has 0 saturated heterocycles. The first kappa shape index (κ1) is 17.7. The smallest absolute Gasteiger partial charge is 0.261 e. The molecule has 4 rings (SSSR count). The Morgan fingerprint density at radius 2 is 2.04 bits per heavy atom. The molecule has 0 spiro atoms. The minimum absolute atomic E-state index is 0.221. The Labute approximate surface area is 163 Å². The van der Waals surface area contributed by atoms with E-state index < -0.39 is 5.82 Å². The number of pyridine rings is 1. The number of nitrogens with one attached hydrogen (secondary N) is 1. The van der Waals surface area contributed by atoms with E-state index in [9.17, 15) is 9.18 Å². The van der Waals surface area contributed by atoms with Gasteiger partial charge in [-0.2, -0.15) is 0 Å². The van der Waals surface area contributed by atoms with Crippen LogP contribution in [0.1, 0.15) is 15.2 Å². The maximum absolute atomic E-state index is 13.1. The molecule has 0 aliphatic heterocycles. The van der Waals surface area contributed by atoms with E-state index in [1.54, 1.807) is 13.2 Å². The van der Waals surface area contributed by atoms with Crippen molar-refractivity contribution < 1.29 is 13.9 Å². The van der Waals surface area contributed by atoms with Gasteiger partial charge in [0, 0.05) is 28.4 Å². The SMILES string of the molecule is COc1ccc2cc3cc(C(=O)NCc4ccc(F)cc4Cl)sc3nc2c1. The highest BCUT2D eigenvalue weighted by atomic mass is 35.5. The molecule has 2 heterocycles. The lowest BCUT2D eigenvalue weighted by Crippen LogP contribution is -2.21. The van der Waals surface area contributed by atoms with Crippen LogP contribution in [0.25, 0.3) is 21.1 Å². The maximum atomic E-state index is 13.1. The van der Waals surface area contributed by atoms with Gasteiger partial charge in [-0.15, -0.1) is 11.3 Å². The first-order chi connectivity index (χ1) is 13.0.